The highest BCUT2D eigenvalue weighted by Gasteiger charge is 2.23. The second-order valence-electron chi connectivity index (χ2n) is 4.16. The van der Waals surface area contributed by atoms with Crippen LogP contribution in [0.15, 0.2) is 17.5 Å². The molecule has 6 heteroatoms. The summed E-state index contributed by atoms with van der Waals surface area (Å²) in [5, 5.41) is 10.8. The van der Waals surface area contributed by atoms with E-state index in [4.69, 9.17) is 5.11 Å². The average molecular weight is 270 g/mol. The van der Waals surface area contributed by atoms with Crippen LogP contribution in [-0.4, -0.2) is 53.6 Å². The smallest absolute Gasteiger partial charge is 0.326 e. The summed E-state index contributed by atoms with van der Waals surface area (Å²) in [4.78, 5) is 26.7. The average Bonchev–Trinajstić information content (AvgIpc) is 2.86. The van der Waals surface area contributed by atoms with E-state index in [0.717, 1.165) is 6.42 Å². The molecule has 0 aliphatic rings. The lowest BCUT2D eigenvalue weighted by molar-refractivity contribution is -0.141. The zero-order valence-electron chi connectivity index (χ0n) is 10.8. The van der Waals surface area contributed by atoms with E-state index in [-0.39, 0.29) is 6.03 Å². The number of urea groups is 1. The predicted molar refractivity (Wildman–Crippen MR) is 70.9 cm³/mol. The molecule has 1 aromatic rings. The third kappa shape index (κ3) is 3.73. The van der Waals surface area contributed by atoms with Gasteiger partial charge in [-0.3, -0.25) is 0 Å². The Kier molecular flexibility index (Phi) is 5.15. The molecule has 0 bridgehead atoms. The molecule has 2 amide bonds. The molecule has 0 aliphatic carbocycles. The first kappa shape index (κ1) is 14.5. The lowest BCUT2D eigenvalue weighted by atomic mass is 10.3. The van der Waals surface area contributed by atoms with Crippen molar-refractivity contribution in [2.45, 2.75) is 19.4 Å². The molecular formula is C12H18N2O3S. The van der Waals surface area contributed by atoms with Crippen molar-refractivity contribution in [1.29, 1.82) is 0 Å². The number of amides is 2. The van der Waals surface area contributed by atoms with Crippen molar-refractivity contribution in [3.05, 3.63) is 22.4 Å². The summed E-state index contributed by atoms with van der Waals surface area (Å²) in [6, 6.07) is 2.90. The molecule has 1 rings (SSSR count). The Labute approximate surface area is 111 Å². The lowest BCUT2D eigenvalue weighted by Crippen LogP contribution is -2.46. The molecule has 1 aromatic heterocycles. The van der Waals surface area contributed by atoms with Crippen LogP contribution in [0.1, 0.15) is 11.8 Å². The van der Waals surface area contributed by atoms with Crippen molar-refractivity contribution in [1.82, 2.24) is 9.80 Å². The highest BCUT2D eigenvalue weighted by molar-refractivity contribution is 7.09. The summed E-state index contributed by atoms with van der Waals surface area (Å²) < 4.78 is 0. The van der Waals surface area contributed by atoms with Crippen LogP contribution in [0.2, 0.25) is 0 Å². The van der Waals surface area contributed by atoms with E-state index in [2.05, 4.69) is 0 Å². The van der Waals surface area contributed by atoms with Gasteiger partial charge in [-0.15, -0.1) is 11.3 Å². The Morgan fingerprint density at radius 2 is 2.11 bits per heavy atom. The largest absolute Gasteiger partial charge is 0.480 e. The predicted octanol–water partition coefficient (Wildman–Crippen LogP) is 1.75. The van der Waals surface area contributed by atoms with Crippen molar-refractivity contribution in [3.63, 3.8) is 0 Å². The fourth-order valence-corrected chi connectivity index (χ4v) is 2.13. The third-order valence-corrected chi connectivity index (χ3v) is 3.78. The highest BCUT2D eigenvalue weighted by Crippen LogP contribution is 2.10. The Morgan fingerprint density at radius 3 is 2.61 bits per heavy atom. The van der Waals surface area contributed by atoms with Crippen LogP contribution in [0.3, 0.4) is 0 Å². The number of carboxylic acids is 1. The Balaban J connectivity index is 2.48. The number of hydrogen-bond acceptors (Lipinski definition) is 3. The van der Waals surface area contributed by atoms with E-state index in [0.29, 0.717) is 6.54 Å². The van der Waals surface area contributed by atoms with E-state index in [1.165, 1.54) is 23.7 Å². The van der Waals surface area contributed by atoms with E-state index in [1.807, 2.05) is 17.5 Å². The number of aliphatic carboxylic acids is 1. The minimum Gasteiger partial charge on any atom is -0.480 e. The molecule has 0 spiro atoms. The summed E-state index contributed by atoms with van der Waals surface area (Å²) in [6.07, 6.45) is 0.787. The van der Waals surface area contributed by atoms with Gasteiger partial charge in [0.25, 0.3) is 0 Å². The number of carboxylic acid groups (broad SMARTS) is 1. The second kappa shape index (κ2) is 6.39. The van der Waals surface area contributed by atoms with Crippen LogP contribution in [0.5, 0.6) is 0 Å². The van der Waals surface area contributed by atoms with Crippen molar-refractivity contribution in [2.24, 2.45) is 0 Å². The third-order valence-electron chi connectivity index (χ3n) is 2.84. The summed E-state index contributed by atoms with van der Waals surface area (Å²) >= 11 is 1.65. The quantitative estimate of drug-likeness (QED) is 0.886. The van der Waals surface area contributed by atoms with Crippen molar-refractivity contribution in [2.75, 3.05) is 20.6 Å². The molecule has 0 aromatic carbocycles. The van der Waals surface area contributed by atoms with Gasteiger partial charge in [0.2, 0.25) is 0 Å². The summed E-state index contributed by atoms with van der Waals surface area (Å²) in [6.45, 7) is 2.07. The molecule has 0 fully saturated rings. The molecule has 5 nitrogen and oxygen atoms in total. The van der Waals surface area contributed by atoms with Crippen molar-refractivity contribution < 1.29 is 14.7 Å². The topological polar surface area (TPSA) is 60.9 Å². The van der Waals surface area contributed by atoms with Crippen LogP contribution < -0.4 is 0 Å². The molecule has 0 saturated heterocycles. The van der Waals surface area contributed by atoms with Gasteiger partial charge in [-0.25, -0.2) is 9.59 Å². The SMILES string of the molecule is CC(C(=O)O)N(C)C(=O)N(C)CCc1cccs1. The molecule has 1 N–H and O–H groups in total. The molecule has 1 heterocycles. The van der Waals surface area contributed by atoms with Gasteiger partial charge in [0.15, 0.2) is 0 Å². The molecule has 1 unspecified atom stereocenters. The molecule has 0 aliphatic heterocycles. The first-order chi connectivity index (χ1) is 8.43. The van der Waals surface area contributed by atoms with E-state index in [9.17, 15) is 9.59 Å². The van der Waals surface area contributed by atoms with Crippen LogP contribution in [0.4, 0.5) is 4.79 Å². The van der Waals surface area contributed by atoms with Crippen molar-refractivity contribution in [3.8, 4) is 0 Å². The maximum absolute atomic E-state index is 11.9. The molecule has 18 heavy (non-hydrogen) atoms. The lowest BCUT2D eigenvalue weighted by Gasteiger charge is -2.27. The normalized spacial score (nSPS) is 11.9. The van der Waals surface area contributed by atoms with Gasteiger partial charge in [0, 0.05) is 25.5 Å². The van der Waals surface area contributed by atoms with Gasteiger partial charge in [-0.05, 0) is 24.8 Å². The maximum atomic E-state index is 11.9. The molecule has 100 valence electrons. The Hall–Kier alpha value is -1.56. The number of rotatable bonds is 5. The van der Waals surface area contributed by atoms with E-state index < -0.39 is 12.0 Å². The summed E-state index contributed by atoms with van der Waals surface area (Å²) in [5.74, 6) is -1.00. The Bertz CT molecular complexity index is 405. The summed E-state index contributed by atoms with van der Waals surface area (Å²) in [5.41, 5.74) is 0. The van der Waals surface area contributed by atoms with Gasteiger partial charge in [0.1, 0.15) is 6.04 Å². The van der Waals surface area contributed by atoms with E-state index in [1.54, 1.807) is 23.3 Å². The van der Waals surface area contributed by atoms with Crippen LogP contribution in [0.25, 0.3) is 0 Å². The van der Waals surface area contributed by atoms with Gasteiger partial charge in [0.05, 0.1) is 0 Å². The maximum Gasteiger partial charge on any atom is 0.326 e. The van der Waals surface area contributed by atoms with Crippen molar-refractivity contribution >= 4 is 23.3 Å². The standard InChI is InChI=1S/C12H18N2O3S/c1-9(11(15)16)14(3)12(17)13(2)7-6-10-5-4-8-18-10/h4-5,8-9H,6-7H2,1-3H3,(H,15,16). The monoisotopic (exact) mass is 270 g/mol. The molecule has 0 saturated carbocycles. The minimum atomic E-state index is -1.00. The van der Waals surface area contributed by atoms with Crippen LogP contribution >= 0.6 is 11.3 Å². The fourth-order valence-electron chi connectivity index (χ4n) is 1.43. The molecule has 1 atom stereocenters. The number of hydrogen-bond donors (Lipinski definition) is 1. The van der Waals surface area contributed by atoms with Gasteiger partial charge in [-0.2, -0.15) is 0 Å². The van der Waals surface area contributed by atoms with Gasteiger partial charge < -0.3 is 14.9 Å². The first-order valence-electron chi connectivity index (χ1n) is 5.66. The number of carbonyl (C=O) groups excluding carboxylic acids is 1. The molecule has 0 radical (unpaired) electrons. The summed E-state index contributed by atoms with van der Waals surface area (Å²) in [7, 11) is 3.18. The zero-order valence-corrected chi connectivity index (χ0v) is 11.6. The second-order valence-corrected chi connectivity index (χ2v) is 5.19. The number of thiophene rings is 1. The number of likely N-dealkylation sites (N-methyl/N-ethyl adjacent to an activating group) is 2. The molecular weight excluding hydrogens is 252 g/mol. The Morgan fingerprint density at radius 1 is 1.44 bits per heavy atom. The van der Waals surface area contributed by atoms with Crippen LogP contribution in [-0.2, 0) is 11.2 Å². The minimum absolute atomic E-state index is 0.276. The first-order valence-corrected chi connectivity index (χ1v) is 6.54. The van der Waals surface area contributed by atoms with Crippen LogP contribution in [0, 0.1) is 0 Å². The van der Waals surface area contributed by atoms with Gasteiger partial charge >= 0.3 is 12.0 Å². The number of nitrogens with zero attached hydrogens (tertiary/aromatic N) is 2. The van der Waals surface area contributed by atoms with E-state index >= 15 is 0 Å². The fraction of sp³-hybridized carbons (Fsp3) is 0.500. The zero-order chi connectivity index (χ0) is 13.7. The number of carbonyl (C=O) groups is 2. The van der Waals surface area contributed by atoms with Gasteiger partial charge in [-0.1, -0.05) is 6.07 Å². The highest BCUT2D eigenvalue weighted by atomic mass is 32.1.